The fourth-order valence-electron chi connectivity index (χ4n) is 1.03. The van der Waals surface area contributed by atoms with E-state index in [1.54, 1.807) is 17.5 Å². The summed E-state index contributed by atoms with van der Waals surface area (Å²) in [6, 6.07) is 5.84. The Balaban J connectivity index is 1.99. The third-order valence-corrected chi connectivity index (χ3v) is 3.54. The van der Waals surface area contributed by atoms with Gasteiger partial charge in [-0.3, -0.25) is 0 Å². The van der Waals surface area contributed by atoms with E-state index in [0.717, 1.165) is 16.1 Å². The quantitative estimate of drug-likeness (QED) is 0.931. The number of thiophene rings is 1. The predicted octanol–water partition coefficient (Wildman–Crippen LogP) is 2.91. The zero-order valence-electron chi connectivity index (χ0n) is 7.27. The summed E-state index contributed by atoms with van der Waals surface area (Å²) in [5, 5.41) is 13.0. The molecule has 2 heterocycles. The van der Waals surface area contributed by atoms with Crippen LogP contribution >= 0.6 is 27.3 Å². The molecule has 0 amide bonds. The summed E-state index contributed by atoms with van der Waals surface area (Å²) in [6.45, 7) is 0.767. The van der Waals surface area contributed by atoms with Crippen molar-refractivity contribution in [3.05, 3.63) is 39.1 Å². The first kappa shape index (κ1) is 9.61. The lowest BCUT2D eigenvalue weighted by Crippen LogP contribution is -2.00. The zero-order valence-corrected chi connectivity index (χ0v) is 9.68. The minimum atomic E-state index is 0.767. The van der Waals surface area contributed by atoms with E-state index < -0.39 is 0 Å². The Morgan fingerprint density at radius 1 is 1.43 bits per heavy atom. The van der Waals surface area contributed by atoms with Crippen molar-refractivity contribution in [2.45, 2.75) is 6.54 Å². The molecule has 0 aromatic carbocycles. The molecule has 0 bridgehead atoms. The molecule has 0 aliphatic carbocycles. The van der Waals surface area contributed by atoms with Gasteiger partial charge in [0.05, 0.1) is 3.79 Å². The van der Waals surface area contributed by atoms with Crippen LogP contribution in [0.15, 0.2) is 33.6 Å². The van der Waals surface area contributed by atoms with Crippen LogP contribution in [0.5, 0.6) is 0 Å². The minimum absolute atomic E-state index is 0.767. The lowest BCUT2D eigenvalue weighted by Gasteiger charge is -2.02. The highest BCUT2D eigenvalue weighted by atomic mass is 79.9. The van der Waals surface area contributed by atoms with Gasteiger partial charge >= 0.3 is 0 Å². The van der Waals surface area contributed by atoms with Gasteiger partial charge in [0.1, 0.15) is 5.82 Å². The Labute approximate surface area is 94.3 Å². The van der Waals surface area contributed by atoms with Gasteiger partial charge in [0.15, 0.2) is 0 Å². The average molecular weight is 270 g/mol. The first-order valence-corrected chi connectivity index (χ1v) is 5.77. The van der Waals surface area contributed by atoms with Gasteiger partial charge in [-0.2, -0.15) is 5.10 Å². The van der Waals surface area contributed by atoms with Gasteiger partial charge in [-0.15, -0.1) is 16.4 Å². The van der Waals surface area contributed by atoms with Gasteiger partial charge in [-0.1, -0.05) is 0 Å². The normalized spacial score (nSPS) is 10.1. The molecule has 0 saturated carbocycles. The molecule has 0 aliphatic rings. The third-order valence-electron chi connectivity index (χ3n) is 1.73. The largest absolute Gasteiger partial charge is 0.364 e. The number of hydrogen-bond donors (Lipinski definition) is 1. The van der Waals surface area contributed by atoms with Gasteiger partial charge in [-0.25, -0.2) is 0 Å². The molecule has 0 unspecified atom stereocenters. The number of rotatable bonds is 3. The summed E-state index contributed by atoms with van der Waals surface area (Å²) in [5.74, 6) is 0.797. The van der Waals surface area contributed by atoms with Gasteiger partial charge in [0, 0.05) is 12.7 Å². The van der Waals surface area contributed by atoms with Crippen LogP contribution in [-0.2, 0) is 6.54 Å². The van der Waals surface area contributed by atoms with E-state index in [1.807, 2.05) is 12.1 Å². The summed E-state index contributed by atoms with van der Waals surface area (Å²) in [4.78, 5) is 0. The second kappa shape index (κ2) is 4.52. The highest BCUT2D eigenvalue weighted by Gasteiger charge is 2.00. The summed E-state index contributed by atoms with van der Waals surface area (Å²) in [7, 11) is 0. The first-order valence-electron chi connectivity index (χ1n) is 4.10. The van der Waals surface area contributed by atoms with E-state index in [-0.39, 0.29) is 0 Å². The minimum Gasteiger partial charge on any atom is -0.364 e. The molecule has 14 heavy (non-hydrogen) atoms. The summed E-state index contributed by atoms with van der Waals surface area (Å²) >= 11 is 5.16. The van der Waals surface area contributed by atoms with Crippen molar-refractivity contribution in [3.8, 4) is 0 Å². The summed E-state index contributed by atoms with van der Waals surface area (Å²) < 4.78 is 1.16. The third kappa shape index (κ3) is 2.30. The van der Waals surface area contributed by atoms with Gasteiger partial charge in [0.2, 0.25) is 0 Å². The second-order valence-corrected chi connectivity index (χ2v) is 4.92. The van der Waals surface area contributed by atoms with Crippen LogP contribution in [0.3, 0.4) is 0 Å². The topological polar surface area (TPSA) is 37.8 Å². The molecule has 72 valence electrons. The highest BCUT2D eigenvalue weighted by molar-refractivity contribution is 9.11. The standard InChI is InChI=1S/C9H8BrN3S/c10-9-7(3-5-14-9)6-11-8-2-1-4-12-13-8/h1-5H,6H2,(H,11,13). The number of nitrogens with one attached hydrogen (secondary N) is 1. The molecule has 0 aliphatic heterocycles. The van der Waals surface area contributed by atoms with Gasteiger partial charge in [-0.05, 0) is 45.1 Å². The lowest BCUT2D eigenvalue weighted by atomic mass is 10.3. The SMILES string of the molecule is Brc1sccc1CNc1cccnn1. The number of anilines is 1. The molecule has 5 heteroatoms. The van der Waals surface area contributed by atoms with Crippen LogP contribution in [0.1, 0.15) is 5.56 Å². The van der Waals surface area contributed by atoms with E-state index >= 15 is 0 Å². The highest BCUT2D eigenvalue weighted by Crippen LogP contribution is 2.23. The van der Waals surface area contributed by atoms with Crippen LogP contribution in [0.4, 0.5) is 5.82 Å². The molecular weight excluding hydrogens is 262 g/mol. The lowest BCUT2D eigenvalue weighted by molar-refractivity contribution is 1.00. The monoisotopic (exact) mass is 269 g/mol. The fraction of sp³-hybridized carbons (Fsp3) is 0.111. The Morgan fingerprint density at radius 2 is 2.36 bits per heavy atom. The van der Waals surface area contributed by atoms with Crippen molar-refractivity contribution in [1.82, 2.24) is 10.2 Å². The molecule has 1 N–H and O–H groups in total. The van der Waals surface area contributed by atoms with E-state index in [4.69, 9.17) is 0 Å². The van der Waals surface area contributed by atoms with Crippen molar-refractivity contribution in [1.29, 1.82) is 0 Å². The molecule has 2 aromatic rings. The van der Waals surface area contributed by atoms with E-state index in [9.17, 15) is 0 Å². The van der Waals surface area contributed by atoms with Gasteiger partial charge < -0.3 is 5.32 Å². The van der Waals surface area contributed by atoms with Crippen LogP contribution in [0.2, 0.25) is 0 Å². The van der Waals surface area contributed by atoms with Crippen LogP contribution < -0.4 is 5.32 Å². The molecule has 3 nitrogen and oxygen atoms in total. The number of aromatic nitrogens is 2. The first-order chi connectivity index (χ1) is 6.86. The van der Waals surface area contributed by atoms with E-state index in [0.29, 0.717) is 0 Å². The number of halogens is 1. The molecule has 0 atom stereocenters. The maximum absolute atomic E-state index is 3.93. The van der Waals surface area contributed by atoms with Crippen molar-refractivity contribution in [2.24, 2.45) is 0 Å². The molecule has 0 spiro atoms. The van der Waals surface area contributed by atoms with Crippen molar-refractivity contribution in [3.63, 3.8) is 0 Å². The Bertz CT molecular complexity index is 401. The molecule has 2 aromatic heterocycles. The maximum Gasteiger partial charge on any atom is 0.148 e. The average Bonchev–Trinajstić information content (AvgIpc) is 2.63. The summed E-state index contributed by atoms with van der Waals surface area (Å²) in [5.41, 5.74) is 1.24. The fourth-order valence-corrected chi connectivity index (χ4v) is 2.27. The van der Waals surface area contributed by atoms with Crippen molar-refractivity contribution >= 4 is 33.1 Å². The molecule has 2 rings (SSSR count). The summed E-state index contributed by atoms with van der Waals surface area (Å²) in [6.07, 6.45) is 1.66. The Hall–Kier alpha value is -0.940. The second-order valence-electron chi connectivity index (χ2n) is 2.68. The van der Waals surface area contributed by atoms with Crippen molar-refractivity contribution in [2.75, 3.05) is 5.32 Å². The predicted molar refractivity (Wildman–Crippen MR) is 61.4 cm³/mol. The smallest absolute Gasteiger partial charge is 0.148 e. The molecule has 0 saturated heterocycles. The Kier molecular flexibility index (Phi) is 3.10. The number of nitrogens with zero attached hydrogens (tertiary/aromatic N) is 2. The molecule has 0 fully saturated rings. The molecule has 0 radical (unpaired) electrons. The van der Waals surface area contributed by atoms with Crippen LogP contribution in [0, 0.1) is 0 Å². The van der Waals surface area contributed by atoms with Crippen molar-refractivity contribution < 1.29 is 0 Å². The zero-order chi connectivity index (χ0) is 9.80. The van der Waals surface area contributed by atoms with Crippen LogP contribution in [0.25, 0.3) is 0 Å². The molecular formula is C9H8BrN3S. The van der Waals surface area contributed by atoms with E-state index in [1.165, 1.54) is 5.56 Å². The van der Waals surface area contributed by atoms with Crippen LogP contribution in [-0.4, -0.2) is 10.2 Å². The Morgan fingerprint density at radius 3 is 3.00 bits per heavy atom. The maximum atomic E-state index is 3.93. The van der Waals surface area contributed by atoms with Gasteiger partial charge in [0.25, 0.3) is 0 Å². The van der Waals surface area contributed by atoms with E-state index in [2.05, 4.69) is 42.9 Å². The number of hydrogen-bond acceptors (Lipinski definition) is 4.